The summed E-state index contributed by atoms with van der Waals surface area (Å²) in [5.41, 5.74) is 10.1. The van der Waals surface area contributed by atoms with E-state index in [9.17, 15) is 5.11 Å². The Balaban J connectivity index is 2.18. The molecule has 0 amide bonds. The lowest BCUT2D eigenvalue weighted by atomic mass is 10.0. The number of phenolic OH excluding ortho intramolecular Hbond substituents is 1. The average molecular weight is 229 g/mol. The first-order valence-corrected chi connectivity index (χ1v) is 5.79. The molecule has 0 saturated carbocycles. The van der Waals surface area contributed by atoms with Crippen LogP contribution in [0, 0.1) is 0 Å². The molecule has 2 aromatic rings. The summed E-state index contributed by atoms with van der Waals surface area (Å²) in [6.07, 6.45) is 5.01. The monoisotopic (exact) mass is 229 g/mol. The Morgan fingerprint density at radius 1 is 1.24 bits per heavy atom. The first-order valence-electron chi connectivity index (χ1n) is 5.79. The van der Waals surface area contributed by atoms with Gasteiger partial charge in [-0.3, -0.25) is 4.68 Å². The summed E-state index contributed by atoms with van der Waals surface area (Å²) in [7, 11) is 1.79. The maximum atomic E-state index is 10.1. The molecule has 17 heavy (non-hydrogen) atoms. The van der Waals surface area contributed by atoms with Crippen molar-refractivity contribution in [3.63, 3.8) is 0 Å². The summed E-state index contributed by atoms with van der Waals surface area (Å²) >= 11 is 0. The van der Waals surface area contributed by atoms with Gasteiger partial charge in [0.15, 0.2) is 0 Å². The molecule has 0 radical (unpaired) electrons. The summed E-state index contributed by atoms with van der Waals surface area (Å²) in [4.78, 5) is 0. The number of nitrogens with zero attached hydrogens (tertiary/aromatic N) is 2. The molecule has 0 saturated heterocycles. The minimum absolute atomic E-state index is 0.297. The number of fused-ring (bicyclic) bond motifs is 1. The van der Waals surface area contributed by atoms with E-state index in [1.54, 1.807) is 17.9 Å². The molecule has 0 unspecified atom stereocenters. The Morgan fingerprint density at radius 2 is 1.94 bits per heavy atom. The van der Waals surface area contributed by atoms with Gasteiger partial charge in [-0.2, -0.15) is 5.10 Å². The highest BCUT2D eigenvalue weighted by Crippen LogP contribution is 2.37. The Bertz CT molecular complexity index is 587. The van der Waals surface area contributed by atoms with Gasteiger partial charge in [0.05, 0.1) is 6.20 Å². The molecule has 1 aromatic carbocycles. The van der Waals surface area contributed by atoms with Crippen LogP contribution in [0.1, 0.15) is 17.5 Å². The van der Waals surface area contributed by atoms with E-state index < -0.39 is 0 Å². The van der Waals surface area contributed by atoms with Crippen LogP contribution in [0.3, 0.4) is 0 Å². The SMILES string of the molecule is Cn1ncc(-c2cc3c(cc2O)CCC3)c1N. The van der Waals surface area contributed by atoms with Gasteiger partial charge in [-0.05, 0) is 42.5 Å². The van der Waals surface area contributed by atoms with Crippen molar-refractivity contribution in [1.29, 1.82) is 0 Å². The lowest BCUT2D eigenvalue weighted by Crippen LogP contribution is -1.98. The lowest BCUT2D eigenvalue weighted by Gasteiger charge is -2.07. The number of anilines is 1. The van der Waals surface area contributed by atoms with Crippen LogP contribution in [-0.2, 0) is 19.9 Å². The highest BCUT2D eigenvalue weighted by atomic mass is 16.3. The minimum atomic E-state index is 0.297. The normalized spacial score (nSPS) is 13.9. The fourth-order valence-electron chi connectivity index (χ4n) is 2.48. The molecule has 1 aliphatic carbocycles. The van der Waals surface area contributed by atoms with Crippen LogP contribution >= 0.6 is 0 Å². The van der Waals surface area contributed by atoms with E-state index in [4.69, 9.17) is 5.73 Å². The first kappa shape index (κ1) is 10.2. The summed E-state index contributed by atoms with van der Waals surface area (Å²) in [6.45, 7) is 0. The predicted molar refractivity (Wildman–Crippen MR) is 66.7 cm³/mol. The second-order valence-electron chi connectivity index (χ2n) is 4.56. The molecular formula is C13H15N3O. The van der Waals surface area contributed by atoms with Crippen LogP contribution in [-0.4, -0.2) is 14.9 Å². The Labute approximate surface area is 99.7 Å². The summed E-state index contributed by atoms with van der Waals surface area (Å²) in [5.74, 6) is 0.878. The highest BCUT2D eigenvalue weighted by Gasteiger charge is 2.17. The van der Waals surface area contributed by atoms with Gasteiger partial charge in [-0.15, -0.1) is 0 Å². The van der Waals surface area contributed by atoms with Gasteiger partial charge in [-0.1, -0.05) is 0 Å². The lowest BCUT2D eigenvalue weighted by molar-refractivity contribution is 0.476. The van der Waals surface area contributed by atoms with E-state index in [-0.39, 0.29) is 0 Å². The molecule has 1 aromatic heterocycles. The van der Waals surface area contributed by atoms with Crippen LogP contribution in [0.15, 0.2) is 18.3 Å². The number of rotatable bonds is 1. The molecule has 1 heterocycles. The Morgan fingerprint density at radius 3 is 2.59 bits per heavy atom. The number of hydrogen-bond donors (Lipinski definition) is 2. The Kier molecular flexibility index (Phi) is 2.11. The molecule has 3 rings (SSSR count). The largest absolute Gasteiger partial charge is 0.507 e. The van der Waals surface area contributed by atoms with Crippen molar-refractivity contribution in [2.75, 3.05) is 5.73 Å². The fourth-order valence-corrected chi connectivity index (χ4v) is 2.48. The number of hydrogen-bond acceptors (Lipinski definition) is 3. The molecule has 4 nitrogen and oxygen atoms in total. The van der Waals surface area contributed by atoms with Crippen LogP contribution in [0.25, 0.3) is 11.1 Å². The predicted octanol–water partition coefficient (Wildman–Crippen LogP) is 1.86. The van der Waals surface area contributed by atoms with E-state index >= 15 is 0 Å². The van der Waals surface area contributed by atoms with Gasteiger partial charge in [0, 0.05) is 18.2 Å². The summed E-state index contributed by atoms with van der Waals surface area (Å²) in [5, 5.41) is 14.2. The molecule has 0 atom stereocenters. The van der Waals surface area contributed by atoms with Gasteiger partial charge >= 0.3 is 0 Å². The van der Waals surface area contributed by atoms with Crippen LogP contribution in [0.4, 0.5) is 5.82 Å². The smallest absolute Gasteiger partial charge is 0.129 e. The number of aryl methyl sites for hydroxylation is 3. The van der Waals surface area contributed by atoms with Crippen molar-refractivity contribution < 1.29 is 5.11 Å². The standard InChI is InChI=1S/C13H15N3O/c1-16-13(14)11(7-15-16)10-5-8-3-2-4-9(8)6-12(10)17/h5-7,17H,2-4,14H2,1H3. The van der Waals surface area contributed by atoms with Crippen LogP contribution in [0.2, 0.25) is 0 Å². The van der Waals surface area contributed by atoms with Gasteiger partial charge in [-0.25, -0.2) is 0 Å². The van der Waals surface area contributed by atoms with Crippen LogP contribution in [0.5, 0.6) is 5.75 Å². The zero-order valence-electron chi connectivity index (χ0n) is 9.77. The highest BCUT2D eigenvalue weighted by molar-refractivity contribution is 5.79. The maximum Gasteiger partial charge on any atom is 0.129 e. The maximum absolute atomic E-state index is 10.1. The molecule has 0 bridgehead atoms. The molecular weight excluding hydrogens is 214 g/mol. The number of aromatic nitrogens is 2. The topological polar surface area (TPSA) is 64.1 Å². The molecule has 1 aliphatic rings. The van der Waals surface area contributed by atoms with Gasteiger partial charge in [0.25, 0.3) is 0 Å². The first-order chi connectivity index (χ1) is 8.16. The molecule has 3 N–H and O–H groups in total. The van der Waals surface area contributed by atoms with Gasteiger partial charge in [0.2, 0.25) is 0 Å². The third-order valence-electron chi connectivity index (χ3n) is 3.48. The number of aromatic hydroxyl groups is 1. The van der Waals surface area contributed by atoms with Crippen molar-refractivity contribution in [2.24, 2.45) is 7.05 Å². The number of nitrogens with two attached hydrogens (primary N) is 1. The summed E-state index contributed by atoms with van der Waals surface area (Å²) in [6, 6.07) is 3.91. The van der Waals surface area contributed by atoms with Crippen molar-refractivity contribution in [3.05, 3.63) is 29.5 Å². The van der Waals surface area contributed by atoms with E-state index in [1.165, 1.54) is 17.5 Å². The van der Waals surface area contributed by atoms with Crippen molar-refractivity contribution in [3.8, 4) is 16.9 Å². The third-order valence-corrected chi connectivity index (χ3v) is 3.48. The van der Waals surface area contributed by atoms with Crippen molar-refractivity contribution >= 4 is 5.82 Å². The zero-order valence-corrected chi connectivity index (χ0v) is 9.77. The van der Waals surface area contributed by atoms with Crippen LogP contribution < -0.4 is 5.73 Å². The molecule has 0 aliphatic heterocycles. The van der Waals surface area contributed by atoms with E-state index in [0.29, 0.717) is 11.6 Å². The van der Waals surface area contributed by atoms with E-state index in [0.717, 1.165) is 24.0 Å². The fraction of sp³-hybridized carbons (Fsp3) is 0.308. The second kappa shape index (κ2) is 3.52. The summed E-state index contributed by atoms with van der Waals surface area (Å²) < 4.78 is 1.61. The number of nitrogen functional groups attached to an aromatic ring is 1. The quantitative estimate of drug-likeness (QED) is 0.784. The van der Waals surface area contributed by atoms with E-state index in [1.807, 2.05) is 12.1 Å². The van der Waals surface area contributed by atoms with Crippen molar-refractivity contribution in [2.45, 2.75) is 19.3 Å². The molecule has 4 heteroatoms. The second-order valence-corrected chi connectivity index (χ2v) is 4.56. The number of benzene rings is 1. The average Bonchev–Trinajstić information content (AvgIpc) is 2.86. The van der Waals surface area contributed by atoms with E-state index in [2.05, 4.69) is 5.10 Å². The van der Waals surface area contributed by atoms with Gasteiger partial charge < -0.3 is 10.8 Å². The molecule has 0 spiro atoms. The van der Waals surface area contributed by atoms with Gasteiger partial charge in [0.1, 0.15) is 11.6 Å². The zero-order chi connectivity index (χ0) is 12.0. The minimum Gasteiger partial charge on any atom is -0.507 e. The Hall–Kier alpha value is -1.97. The van der Waals surface area contributed by atoms with Crippen molar-refractivity contribution in [1.82, 2.24) is 9.78 Å². The molecule has 0 fully saturated rings. The molecule has 88 valence electrons. The number of phenols is 1. The third kappa shape index (κ3) is 1.48.